The highest BCUT2D eigenvalue weighted by atomic mass is 16.6. The largest absolute Gasteiger partial charge is 0.491 e. The molecule has 0 bridgehead atoms. The summed E-state index contributed by atoms with van der Waals surface area (Å²) in [7, 11) is 0. The molecule has 1 aromatic rings. The SMILES string of the molecule is CC[C@H](C)N1COC[C@H](COc2ccccc2C)OC1. The molecule has 0 saturated carbocycles. The lowest BCUT2D eigenvalue weighted by atomic mass is 10.2. The van der Waals surface area contributed by atoms with Gasteiger partial charge in [-0.15, -0.1) is 0 Å². The lowest BCUT2D eigenvalue weighted by Gasteiger charge is -2.25. The third-order valence-electron chi connectivity index (χ3n) is 3.77. The van der Waals surface area contributed by atoms with Gasteiger partial charge in [-0.05, 0) is 31.9 Å². The van der Waals surface area contributed by atoms with Crippen molar-refractivity contribution in [3.8, 4) is 5.75 Å². The van der Waals surface area contributed by atoms with E-state index in [2.05, 4.69) is 18.7 Å². The lowest BCUT2D eigenvalue weighted by Crippen LogP contribution is -2.35. The number of aryl methyl sites for hydroxylation is 1. The summed E-state index contributed by atoms with van der Waals surface area (Å²) in [5, 5.41) is 0. The molecule has 1 aliphatic rings. The van der Waals surface area contributed by atoms with Crippen molar-refractivity contribution in [1.29, 1.82) is 0 Å². The average Bonchev–Trinajstić information content (AvgIpc) is 2.71. The molecule has 1 aromatic carbocycles. The standard InChI is InChI=1S/C16H25NO3/c1-4-14(3)17-11-18-9-15(20-12-17)10-19-16-8-6-5-7-13(16)2/h5-8,14-15H,4,9-12H2,1-3H3/t14-,15+/m0/s1. The van der Waals surface area contributed by atoms with Crippen LogP contribution in [0, 0.1) is 6.92 Å². The van der Waals surface area contributed by atoms with Gasteiger partial charge in [0.2, 0.25) is 0 Å². The molecular weight excluding hydrogens is 254 g/mol. The highest BCUT2D eigenvalue weighted by molar-refractivity contribution is 5.31. The van der Waals surface area contributed by atoms with E-state index in [4.69, 9.17) is 14.2 Å². The molecular formula is C16H25NO3. The lowest BCUT2D eigenvalue weighted by molar-refractivity contribution is -0.0305. The highest BCUT2D eigenvalue weighted by Crippen LogP contribution is 2.17. The molecule has 0 aliphatic carbocycles. The fourth-order valence-electron chi connectivity index (χ4n) is 2.10. The molecule has 2 rings (SSSR count). The van der Waals surface area contributed by atoms with Gasteiger partial charge in [0.15, 0.2) is 0 Å². The van der Waals surface area contributed by atoms with Gasteiger partial charge in [-0.25, -0.2) is 0 Å². The highest BCUT2D eigenvalue weighted by Gasteiger charge is 2.21. The van der Waals surface area contributed by atoms with E-state index in [0.717, 1.165) is 17.7 Å². The summed E-state index contributed by atoms with van der Waals surface area (Å²) in [4.78, 5) is 2.20. The third kappa shape index (κ3) is 4.20. The Bertz CT molecular complexity index is 410. The van der Waals surface area contributed by atoms with Crippen molar-refractivity contribution >= 4 is 0 Å². The first-order valence-electron chi connectivity index (χ1n) is 7.32. The van der Waals surface area contributed by atoms with E-state index in [1.807, 2.05) is 31.2 Å². The van der Waals surface area contributed by atoms with Gasteiger partial charge in [0.25, 0.3) is 0 Å². The van der Waals surface area contributed by atoms with Crippen LogP contribution in [-0.2, 0) is 9.47 Å². The van der Waals surface area contributed by atoms with E-state index in [0.29, 0.717) is 32.7 Å². The van der Waals surface area contributed by atoms with Crippen molar-refractivity contribution < 1.29 is 14.2 Å². The van der Waals surface area contributed by atoms with Crippen LogP contribution in [0.1, 0.15) is 25.8 Å². The fourth-order valence-corrected chi connectivity index (χ4v) is 2.10. The predicted octanol–water partition coefficient (Wildman–Crippen LogP) is 2.80. The minimum atomic E-state index is -0.0105. The molecule has 0 unspecified atom stereocenters. The van der Waals surface area contributed by atoms with Crippen LogP contribution in [0.4, 0.5) is 0 Å². The minimum absolute atomic E-state index is 0.0105. The van der Waals surface area contributed by atoms with Crippen LogP contribution >= 0.6 is 0 Å². The summed E-state index contributed by atoms with van der Waals surface area (Å²) in [5.74, 6) is 0.916. The van der Waals surface area contributed by atoms with Crippen molar-refractivity contribution in [2.45, 2.75) is 39.3 Å². The molecule has 1 fully saturated rings. The summed E-state index contributed by atoms with van der Waals surface area (Å²) in [6.45, 7) is 8.76. The molecule has 0 radical (unpaired) electrons. The second-order valence-corrected chi connectivity index (χ2v) is 5.34. The van der Waals surface area contributed by atoms with E-state index < -0.39 is 0 Å². The molecule has 1 saturated heterocycles. The van der Waals surface area contributed by atoms with E-state index in [1.165, 1.54) is 0 Å². The Hall–Kier alpha value is -1.10. The topological polar surface area (TPSA) is 30.9 Å². The molecule has 112 valence electrons. The quantitative estimate of drug-likeness (QED) is 0.829. The molecule has 2 atom stereocenters. The number of benzene rings is 1. The van der Waals surface area contributed by atoms with E-state index in [-0.39, 0.29) is 6.10 Å². The summed E-state index contributed by atoms with van der Waals surface area (Å²) < 4.78 is 17.4. The average molecular weight is 279 g/mol. The second-order valence-electron chi connectivity index (χ2n) is 5.34. The van der Waals surface area contributed by atoms with Crippen LogP contribution in [0.2, 0.25) is 0 Å². The fraction of sp³-hybridized carbons (Fsp3) is 0.625. The maximum Gasteiger partial charge on any atom is 0.122 e. The van der Waals surface area contributed by atoms with Crippen LogP contribution < -0.4 is 4.74 Å². The zero-order valence-electron chi connectivity index (χ0n) is 12.7. The summed E-state index contributed by atoms with van der Waals surface area (Å²) in [6.07, 6.45) is 1.08. The Balaban J connectivity index is 1.81. The molecule has 1 aliphatic heterocycles. The maximum absolute atomic E-state index is 5.88. The number of hydrogen-bond acceptors (Lipinski definition) is 4. The molecule has 4 nitrogen and oxygen atoms in total. The van der Waals surface area contributed by atoms with Crippen LogP contribution in [0.15, 0.2) is 24.3 Å². The van der Waals surface area contributed by atoms with Crippen molar-refractivity contribution in [3.63, 3.8) is 0 Å². The van der Waals surface area contributed by atoms with E-state index in [1.54, 1.807) is 0 Å². The van der Waals surface area contributed by atoms with Gasteiger partial charge in [0.05, 0.1) is 6.61 Å². The van der Waals surface area contributed by atoms with Gasteiger partial charge in [-0.3, -0.25) is 4.90 Å². The molecule has 0 spiro atoms. The first-order chi connectivity index (χ1) is 9.70. The molecule has 20 heavy (non-hydrogen) atoms. The van der Waals surface area contributed by atoms with Gasteiger partial charge in [0, 0.05) is 6.04 Å². The number of ether oxygens (including phenoxy) is 3. The van der Waals surface area contributed by atoms with Crippen LogP contribution in [0.25, 0.3) is 0 Å². The van der Waals surface area contributed by atoms with Crippen molar-refractivity contribution in [3.05, 3.63) is 29.8 Å². The number of para-hydroxylation sites is 1. The maximum atomic E-state index is 5.88. The van der Waals surface area contributed by atoms with Crippen LogP contribution in [-0.4, -0.2) is 43.7 Å². The monoisotopic (exact) mass is 279 g/mol. The first kappa shape index (κ1) is 15.3. The first-order valence-corrected chi connectivity index (χ1v) is 7.32. The van der Waals surface area contributed by atoms with Crippen LogP contribution in [0.3, 0.4) is 0 Å². The van der Waals surface area contributed by atoms with Crippen molar-refractivity contribution in [1.82, 2.24) is 4.90 Å². The predicted molar refractivity (Wildman–Crippen MR) is 78.8 cm³/mol. The zero-order chi connectivity index (χ0) is 14.4. The smallest absolute Gasteiger partial charge is 0.122 e. The summed E-state index contributed by atoms with van der Waals surface area (Å²) in [6, 6.07) is 8.50. The second kappa shape index (κ2) is 7.62. The van der Waals surface area contributed by atoms with Gasteiger partial charge < -0.3 is 14.2 Å². The number of rotatable bonds is 5. The Morgan fingerprint density at radius 2 is 2.15 bits per heavy atom. The van der Waals surface area contributed by atoms with E-state index >= 15 is 0 Å². The molecule has 1 heterocycles. The summed E-state index contributed by atoms with van der Waals surface area (Å²) in [5.41, 5.74) is 1.14. The molecule has 0 aromatic heterocycles. The summed E-state index contributed by atoms with van der Waals surface area (Å²) >= 11 is 0. The molecule has 0 N–H and O–H groups in total. The van der Waals surface area contributed by atoms with Gasteiger partial charge in [0.1, 0.15) is 31.9 Å². The number of hydrogen-bond donors (Lipinski definition) is 0. The third-order valence-corrected chi connectivity index (χ3v) is 3.77. The van der Waals surface area contributed by atoms with Crippen molar-refractivity contribution in [2.75, 3.05) is 26.7 Å². The van der Waals surface area contributed by atoms with Gasteiger partial charge >= 0.3 is 0 Å². The zero-order valence-corrected chi connectivity index (χ0v) is 12.7. The Kier molecular flexibility index (Phi) is 5.83. The molecule has 4 heteroatoms. The minimum Gasteiger partial charge on any atom is -0.491 e. The van der Waals surface area contributed by atoms with Gasteiger partial charge in [-0.1, -0.05) is 25.1 Å². The van der Waals surface area contributed by atoms with Crippen molar-refractivity contribution in [2.24, 2.45) is 0 Å². The van der Waals surface area contributed by atoms with Gasteiger partial charge in [-0.2, -0.15) is 0 Å². The molecule has 0 amide bonds. The Labute approximate surface area is 121 Å². The number of nitrogens with zero attached hydrogens (tertiary/aromatic N) is 1. The van der Waals surface area contributed by atoms with Crippen LogP contribution in [0.5, 0.6) is 5.75 Å². The Morgan fingerprint density at radius 3 is 2.90 bits per heavy atom. The normalized spacial score (nSPS) is 22.2. The Morgan fingerprint density at radius 1 is 1.35 bits per heavy atom. The van der Waals surface area contributed by atoms with E-state index in [9.17, 15) is 0 Å².